The molecule has 0 spiro atoms. The SMILES string of the molecule is O=C(/C=C/c1cccc(Br)c1)NC(c1ccccc1)c1ccccn1. The second kappa shape index (κ2) is 8.40. The summed E-state index contributed by atoms with van der Waals surface area (Å²) in [6, 6.07) is 23.0. The number of carbonyl (C=O) groups is 1. The van der Waals surface area contributed by atoms with E-state index >= 15 is 0 Å². The molecule has 1 heterocycles. The molecule has 0 fully saturated rings. The molecule has 0 saturated heterocycles. The molecule has 1 atom stereocenters. The van der Waals surface area contributed by atoms with Crippen molar-refractivity contribution in [3.05, 3.63) is 106 Å². The first-order valence-corrected chi connectivity index (χ1v) is 8.72. The van der Waals surface area contributed by atoms with Gasteiger partial charge in [-0.25, -0.2) is 0 Å². The van der Waals surface area contributed by atoms with Crippen LogP contribution >= 0.6 is 15.9 Å². The Morgan fingerprint density at radius 1 is 1.00 bits per heavy atom. The fourth-order valence-electron chi connectivity index (χ4n) is 2.49. The Morgan fingerprint density at radius 2 is 1.80 bits per heavy atom. The van der Waals surface area contributed by atoms with Gasteiger partial charge >= 0.3 is 0 Å². The largest absolute Gasteiger partial charge is 0.340 e. The molecule has 2 aromatic carbocycles. The molecule has 1 amide bonds. The predicted molar refractivity (Wildman–Crippen MR) is 104 cm³/mol. The van der Waals surface area contributed by atoms with Crippen LogP contribution in [-0.4, -0.2) is 10.9 Å². The normalized spacial score (nSPS) is 12.0. The highest BCUT2D eigenvalue weighted by Crippen LogP contribution is 2.20. The minimum Gasteiger partial charge on any atom is -0.340 e. The molecule has 25 heavy (non-hydrogen) atoms. The number of amides is 1. The summed E-state index contributed by atoms with van der Waals surface area (Å²) in [5.74, 6) is -0.167. The van der Waals surface area contributed by atoms with Gasteiger partial charge in [-0.2, -0.15) is 0 Å². The van der Waals surface area contributed by atoms with E-state index in [4.69, 9.17) is 0 Å². The summed E-state index contributed by atoms with van der Waals surface area (Å²) in [6.45, 7) is 0. The molecule has 3 nitrogen and oxygen atoms in total. The predicted octanol–water partition coefficient (Wildman–Crippen LogP) is 4.76. The Hall–Kier alpha value is -2.72. The summed E-state index contributed by atoms with van der Waals surface area (Å²) in [4.78, 5) is 16.8. The van der Waals surface area contributed by atoms with Gasteiger partial charge in [-0.05, 0) is 41.5 Å². The Morgan fingerprint density at radius 3 is 2.52 bits per heavy atom. The molecule has 0 aliphatic rings. The van der Waals surface area contributed by atoms with Crippen LogP contribution in [0.15, 0.2) is 89.5 Å². The highest BCUT2D eigenvalue weighted by atomic mass is 79.9. The van der Waals surface area contributed by atoms with E-state index in [0.29, 0.717) is 0 Å². The smallest absolute Gasteiger partial charge is 0.244 e. The number of aromatic nitrogens is 1. The van der Waals surface area contributed by atoms with Crippen LogP contribution in [0, 0.1) is 0 Å². The second-order valence-corrected chi connectivity index (χ2v) is 6.41. The van der Waals surface area contributed by atoms with Crippen molar-refractivity contribution < 1.29 is 4.79 Å². The quantitative estimate of drug-likeness (QED) is 0.635. The Labute approximate surface area is 155 Å². The fraction of sp³-hybridized carbons (Fsp3) is 0.0476. The third-order valence-corrected chi connectivity index (χ3v) is 4.17. The lowest BCUT2D eigenvalue weighted by molar-refractivity contribution is -0.116. The van der Waals surface area contributed by atoms with E-state index in [-0.39, 0.29) is 11.9 Å². The number of hydrogen-bond acceptors (Lipinski definition) is 2. The van der Waals surface area contributed by atoms with Gasteiger partial charge in [0, 0.05) is 16.7 Å². The molecule has 1 unspecified atom stereocenters. The highest BCUT2D eigenvalue weighted by molar-refractivity contribution is 9.10. The van der Waals surface area contributed by atoms with Crippen LogP contribution in [0.3, 0.4) is 0 Å². The van der Waals surface area contributed by atoms with Gasteiger partial charge in [0.2, 0.25) is 5.91 Å². The lowest BCUT2D eigenvalue weighted by Gasteiger charge is -2.17. The zero-order valence-corrected chi connectivity index (χ0v) is 15.1. The van der Waals surface area contributed by atoms with Gasteiger partial charge in [-0.3, -0.25) is 9.78 Å². The number of nitrogens with one attached hydrogen (secondary N) is 1. The van der Waals surface area contributed by atoms with Gasteiger partial charge in [0.15, 0.2) is 0 Å². The first kappa shape index (κ1) is 17.1. The zero-order valence-electron chi connectivity index (χ0n) is 13.5. The van der Waals surface area contributed by atoms with Crippen LogP contribution in [-0.2, 0) is 4.79 Å². The van der Waals surface area contributed by atoms with Crippen LogP contribution in [0.4, 0.5) is 0 Å². The van der Waals surface area contributed by atoms with Crippen LogP contribution in [0.1, 0.15) is 22.9 Å². The van der Waals surface area contributed by atoms with E-state index in [1.165, 1.54) is 0 Å². The van der Waals surface area contributed by atoms with E-state index in [2.05, 4.69) is 26.2 Å². The molecule has 0 aliphatic heterocycles. The summed E-state index contributed by atoms with van der Waals surface area (Å²) in [5.41, 5.74) is 2.75. The van der Waals surface area contributed by atoms with Crippen molar-refractivity contribution in [3.8, 4) is 0 Å². The number of rotatable bonds is 5. The van der Waals surface area contributed by atoms with Gasteiger partial charge in [0.05, 0.1) is 11.7 Å². The highest BCUT2D eigenvalue weighted by Gasteiger charge is 2.16. The van der Waals surface area contributed by atoms with E-state index in [1.807, 2.05) is 72.8 Å². The maximum absolute atomic E-state index is 12.4. The van der Waals surface area contributed by atoms with Crippen LogP contribution in [0.25, 0.3) is 6.08 Å². The van der Waals surface area contributed by atoms with Crippen molar-refractivity contribution in [2.75, 3.05) is 0 Å². The van der Waals surface area contributed by atoms with Crippen LogP contribution in [0.2, 0.25) is 0 Å². The van der Waals surface area contributed by atoms with Crippen molar-refractivity contribution >= 4 is 27.9 Å². The molecule has 0 aliphatic carbocycles. The van der Waals surface area contributed by atoms with Crippen LogP contribution in [0.5, 0.6) is 0 Å². The van der Waals surface area contributed by atoms with Gasteiger partial charge in [-0.1, -0.05) is 64.5 Å². The lowest BCUT2D eigenvalue weighted by Crippen LogP contribution is -2.28. The maximum atomic E-state index is 12.4. The zero-order chi connectivity index (χ0) is 17.5. The molecule has 1 aromatic heterocycles. The lowest BCUT2D eigenvalue weighted by atomic mass is 10.0. The van der Waals surface area contributed by atoms with E-state index in [1.54, 1.807) is 18.3 Å². The summed E-state index contributed by atoms with van der Waals surface area (Å²) >= 11 is 3.43. The number of nitrogens with zero attached hydrogens (tertiary/aromatic N) is 1. The molecule has 3 aromatic rings. The summed E-state index contributed by atoms with van der Waals surface area (Å²) in [6.07, 6.45) is 5.07. The number of carbonyl (C=O) groups excluding carboxylic acids is 1. The maximum Gasteiger partial charge on any atom is 0.244 e. The molecule has 3 rings (SSSR count). The first-order valence-electron chi connectivity index (χ1n) is 7.92. The van der Waals surface area contributed by atoms with Gasteiger partial charge in [0.25, 0.3) is 0 Å². The van der Waals surface area contributed by atoms with E-state index in [9.17, 15) is 4.79 Å². The fourth-order valence-corrected chi connectivity index (χ4v) is 2.91. The van der Waals surface area contributed by atoms with Crippen molar-refractivity contribution in [2.24, 2.45) is 0 Å². The number of pyridine rings is 1. The monoisotopic (exact) mass is 392 g/mol. The molecule has 124 valence electrons. The minimum absolute atomic E-state index is 0.167. The Kier molecular flexibility index (Phi) is 5.75. The molecule has 0 radical (unpaired) electrons. The van der Waals surface area contributed by atoms with Crippen molar-refractivity contribution in [3.63, 3.8) is 0 Å². The van der Waals surface area contributed by atoms with Gasteiger partial charge in [-0.15, -0.1) is 0 Å². The second-order valence-electron chi connectivity index (χ2n) is 5.50. The van der Waals surface area contributed by atoms with Gasteiger partial charge < -0.3 is 5.32 Å². The Balaban J connectivity index is 1.79. The molecular weight excluding hydrogens is 376 g/mol. The average molecular weight is 393 g/mol. The number of hydrogen-bond donors (Lipinski definition) is 1. The van der Waals surface area contributed by atoms with Crippen molar-refractivity contribution in [1.29, 1.82) is 0 Å². The minimum atomic E-state index is -0.290. The molecule has 4 heteroatoms. The standard InChI is InChI=1S/C21H17BrN2O/c22-18-10-6-7-16(15-18)12-13-20(25)24-21(17-8-2-1-3-9-17)19-11-4-5-14-23-19/h1-15,21H,(H,24,25)/b13-12+. The third kappa shape index (κ3) is 4.88. The Bertz CT molecular complexity index is 824. The molecule has 0 bridgehead atoms. The summed E-state index contributed by atoms with van der Waals surface area (Å²) < 4.78 is 0.978. The van der Waals surface area contributed by atoms with Crippen molar-refractivity contribution in [1.82, 2.24) is 10.3 Å². The molecule has 0 saturated carbocycles. The van der Waals surface area contributed by atoms with E-state index < -0.39 is 0 Å². The van der Waals surface area contributed by atoms with Crippen molar-refractivity contribution in [2.45, 2.75) is 6.04 Å². The topological polar surface area (TPSA) is 42.0 Å². The number of halogens is 1. The van der Waals surface area contributed by atoms with Gasteiger partial charge in [0.1, 0.15) is 0 Å². The number of benzene rings is 2. The molecule has 1 N–H and O–H groups in total. The summed E-state index contributed by atoms with van der Waals surface area (Å²) in [7, 11) is 0. The third-order valence-electron chi connectivity index (χ3n) is 3.68. The molecular formula is C21H17BrN2O. The van der Waals surface area contributed by atoms with E-state index in [0.717, 1.165) is 21.3 Å². The average Bonchev–Trinajstić information content (AvgIpc) is 2.66. The van der Waals surface area contributed by atoms with Crippen LogP contribution < -0.4 is 5.32 Å². The summed E-state index contributed by atoms with van der Waals surface area (Å²) in [5, 5.41) is 3.03. The first-order chi connectivity index (χ1) is 12.2.